The molecule has 0 bridgehead atoms. The highest BCUT2D eigenvalue weighted by Crippen LogP contribution is 2.26. The van der Waals surface area contributed by atoms with E-state index in [1.165, 1.54) is 0 Å². The molecule has 0 radical (unpaired) electrons. The molecule has 222 valence electrons. The minimum atomic E-state index is -0.524. The first-order valence-corrected chi connectivity index (χ1v) is 14.4. The van der Waals surface area contributed by atoms with Crippen LogP contribution in [0.4, 0.5) is 11.4 Å². The summed E-state index contributed by atoms with van der Waals surface area (Å²) >= 11 is 0. The fourth-order valence-electron chi connectivity index (χ4n) is 3.88. The number of aromatic hydroxyl groups is 2. The van der Waals surface area contributed by atoms with Crippen LogP contribution in [0.25, 0.3) is 0 Å². The normalized spacial score (nSPS) is 11.2. The number of unbranched alkanes of at least 4 members (excludes halogenated alkanes) is 2. The van der Waals surface area contributed by atoms with Crippen LogP contribution < -0.4 is 14.2 Å². The molecule has 0 spiro atoms. The van der Waals surface area contributed by atoms with Gasteiger partial charge in [-0.15, -0.1) is 0 Å². The van der Waals surface area contributed by atoms with Crippen LogP contribution in [0, 0.1) is 0 Å². The van der Waals surface area contributed by atoms with E-state index in [1.54, 1.807) is 97.4 Å². The molecule has 4 rings (SSSR count). The van der Waals surface area contributed by atoms with Gasteiger partial charge < -0.3 is 24.4 Å². The first-order chi connectivity index (χ1) is 20.9. The van der Waals surface area contributed by atoms with Crippen molar-refractivity contribution in [3.8, 4) is 28.7 Å². The van der Waals surface area contributed by atoms with Crippen LogP contribution in [-0.4, -0.2) is 41.8 Å². The smallest absolute Gasteiger partial charge is 0.343 e. The second-order valence-corrected chi connectivity index (χ2v) is 9.80. The van der Waals surface area contributed by atoms with E-state index in [9.17, 15) is 15.0 Å². The van der Waals surface area contributed by atoms with Crippen molar-refractivity contribution in [3.05, 3.63) is 102 Å². The molecule has 43 heavy (non-hydrogen) atoms. The zero-order valence-corrected chi connectivity index (χ0v) is 24.4. The van der Waals surface area contributed by atoms with Crippen LogP contribution in [0.5, 0.6) is 28.7 Å². The number of nitrogens with zero attached hydrogens (tertiary/aromatic N) is 2. The van der Waals surface area contributed by atoms with Gasteiger partial charge in [-0.05, 0) is 73.5 Å². The predicted molar refractivity (Wildman–Crippen MR) is 169 cm³/mol. The van der Waals surface area contributed by atoms with Gasteiger partial charge in [-0.25, -0.2) is 4.79 Å². The molecule has 8 heteroatoms. The second kappa shape index (κ2) is 15.8. The van der Waals surface area contributed by atoms with E-state index in [1.807, 2.05) is 0 Å². The van der Waals surface area contributed by atoms with Gasteiger partial charge in [0, 0.05) is 41.8 Å². The van der Waals surface area contributed by atoms with E-state index >= 15 is 0 Å². The number of rotatable bonds is 14. The number of phenols is 2. The molecule has 0 aliphatic rings. The average Bonchev–Trinajstić information content (AvgIpc) is 3.01. The summed E-state index contributed by atoms with van der Waals surface area (Å²) in [5.74, 6) is 1.17. The first kappa shape index (κ1) is 30.8. The van der Waals surface area contributed by atoms with E-state index in [0.717, 1.165) is 25.7 Å². The summed E-state index contributed by atoms with van der Waals surface area (Å²) in [6.45, 7) is 5.38. The number of phenolic OH excluding ortho intramolecular Hbond substituents is 2. The molecule has 0 fully saturated rings. The predicted octanol–water partition coefficient (Wildman–Crippen LogP) is 8.18. The van der Waals surface area contributed by atoms with Crippen LogP contribution >= 0.6 is 0 Å². The molecule has 0 amide bonds. The molecule has 0 aliphatic carbocycles. The maximum atomic E-state index is 12.7. The topological polar surface area (TPSA) is 110 Å². The van der Waals surface area contributed by atoms with Crippen molar-refractivity contribution in [1.29, 1.82) is 0 Å². The van der Waals surface area contributed by atoms with Gasteiger partial charge in [0.05, 0.1) is 30.2 Å². The molecular weight excluding hydrogens is 544 g/mol. The molecule has 0 saturated heterocycles. The minimum absolute atomic E-state index is 0.0650. The highest BCUT2D eigenvalue weighted by Gasteiger charge is 2.10. The molecule has 2 N–H and O–H groups in total. The molecule has 4 aromatic rings. The van der Waals surface area contributed by atoms with Crippen LogP contribution in [0.15, 0.2) is 94.9 Å². The third kappa shape index (κ3) is 9.46. The summed E-state index contributed by atoms with van der Waals surface area (Å²) in [6.07, 6.45) is 7.06. The molecular formula is C35H36N2O6. The lowest BCUT2D eigenvalue weighted by Crippen LogP contribution is -2.07. The van der Waals surface area contributed by atoms with Crippen LogP contribution in [0.3, 0.4) is 0 Å². The van der Waals surface area contributed by atoms with Gasteiger partial charge in [0.2, 0.25) is 0 Å². The van der Waals surface area contributed by atoms with Gasteiger partial charge in [-0.1, -0.05) is 32.8 Å². The highest BCUT2D eigenvalue weighted by atomic mass is 16.5. The van der Waals surface area contributed by atoms with Gasteiger partial charge >= 0.3 is 5.97 Å². The summed E-state index contributed by atoms with van der Waals surface area (Å²) < 4.78 is 16.8. The largest absolute Gasteiger partial charge is 0.507 e. The quantitative estimate of drug-likeness (QED) is 0.0674. The Hall–Kier alpha value is -5.11. The van der Waals surface area contributed by atoms with Crippen LogP contribution in [-0.2, 0) is 0 Å². The van der Waals surface area contributed by atoms with Gasteiger partial charge in [-0.3, -0.25) is 9.98 Å². The zero-order valence-electron chi connectivity index (χ0n) is 24.4. The van der Waals surface area contributed by atoms with E-state index in [-0.39, 0.29) is 11.5 Å². The van der Waals surface area contributed by atoms with Crippen molar-refractivity contribution in [3.63, 3.8) is 0 Å². The lowest BCUT2D eigenvalue weighted by molar-refractivity contribution is 0.0735. The fraction of sp³-hybridized carbons (Fsp3) is 0.229. The van der Waals surface area contributed by atoms with Crippen LogP contribution in [0.1, 0.15) is 61.0 Å². The Morgan fingerprint density at radius 3 is 1.77 bits per heavy atom. The number of aliphatic imine (C=N–C) groups is 2. The monoisotopic (exact) mass is 580 g/mol. The van der Waals surface area contributed by atoms with Crippen molar-refractivity contribution in [2.45, 2.75) is 39.5 Å². The number of hydrogen-bond acceptors (Lipinski definition) is 8. The van der Waals surface area contributed by atoms with Crippen molar-refractivity contribution >= 4 is 29.8 Å². The molecule has 0 heterocycles. The van der Waals surface area contributed by atoms with Gasteiger partial charge in [0.1, 0.15) is 28.7 Å². The number of esters is 1. The van der Waals surface area contributed by atoms with Crippen molar-refractivity contribution in [2.75, 3.05) is 13.2 Å². The van der Waals surface area contributed by atoms with Crippen molar-refractivity contribution < 1.29 is 29.2 Å². The van der Waals surface area contributed by atoms with E-state index in [0.29, 0.717) is 58.5 Å². The van der Waals surface area contributed by atoms with E-state index in [4.69, 9.17) is 14.2 Å². The summed E-state index contributed by atoms with van der Waals surface area (Å²) in [7, 11) is 0. The lowest BCUT2D eigenvalue weighted by Gasteiger charge is -2.07. The number of carbonyl (C=O) groups is 1. The number of carbonyl (C=O) groups excluding carboxylic acids is 1. The molecule has 8 nitrogen and oxygen atoms in total. The number of benzene rings is 4. The Morgan fingerprint density at radius 1 is 0.674 bits per heavy atom. The highest BCUT2D eigenvalue weighted by molar-refractivity contribution is 5.92. The summed E-state index contributed by atoms with van der Waals surface area (Å²) in [5, 5.41) is 20.6. The lowest BCUT2D eigenvalue weighted by atomic mass is 10.2. The van der Waals surface area contributed by atoms with Gasteiger partial charge in [0.25, 0.3) is 0 Å². The molecule has 0 saturated carbocycles. The minimum Gasteiger partial charge on any atom is -0.507 e. The molecule has 0 atom stereocenters. The molecule has 0 unspecified atom stereocenters. The molecule has 0 aromatic heterocycles. The Kier molecular flexibility index (Phi) is 11.3. The molecule has 4 aromatic carbocycles. The van der Waals surface area contributed by atoms with Crippen molar-refractivity contribution in [2.24, 2.45) is 9.98 Å². The maximum Gasteiger partial charge on any atom is 0.343 e. The Labute approximate surface area is 251 Å². The van der Waals surface area contributed by atoms with Gasteiger partial charge in [0.15, 0.2) is 0 Å². The van der Waals surface area contributed by atoms with Gasteiger partial charge in [-0.2, -0.15) is 0 Å². The first-order valence-electron chi connectivity index (χ1n) is 14.4. The Morgan fingerprint density at radius 2 is 1.23 bits per heavy atom. The number of ether oxygens (including phenoxy) is 3. The van der Waals surface area contributed by atoms with Crippen molar-refractivity contribution in [1.82, 2.24) is 0 Å². The third-order valence-electron chi connectivity index (χ3n) is 6.37. The molecule has 0 aliphatic heterocycles. The third-order valence-corrected chi connectivity index (χ3v) is 6.37. The fourth-order valence-corrected chi connectivity index (χ4v) is 3.88. The average molecular weight is 581 g/mol. The maximum absolute atomic E-state index is 12.7. The Bertz CT molecular complexity index is 1560. The van der Waals surface area contributed by atoms with E-state index in [2.05, 4.69) is 23.8 Å². The number of hydrogen-bond donors (Lipinski definition) is 2. The SMILES string of the molecule is CCCCOc1ccc(C=Nc2ccc(C(=O)Oc3cccc(N=Cc4ccc(OCCCC)cc4O)c3)cc2)c(O)c1. The summed E-state index contributed by atoms with van der Waals surface area (Å²) in [4.78, 5) is 21.6. The second-order valence-electron chi connectivity index (χ2n) is 9.80. The summed E-state index contributed by atoms with van der Waals surface area (Å²) in [5.41, 5.74) is 2.62. The summed E-state index contributed by atoms with van der Waals surface area (Å²) in [6, 6.07) is 23.6. The standard InChI is InChI=1S/C35H36N2O6/c1-3-5-18-41-30-16-12-26(33(38)21-30)23-36-28-14-10-25(11-15-28)35(40)43-32-9-7-8-29(20-32)37-24-27-13-17-31(22-34(27)39)42-19-6-4-2/h7-17,20-24,38-39H,3-6,18-19H2,1-2H3. The zero-order chi connectivity index (χ0) is 30.4. The van der Waals surface area contributed by atoms with E-state index < -0.39 is 5.97 Å². The van der Waals surface area contributed by atoms with Crippen LogP contribution in [0.2, 0.25) is 0 Å². The Balaban J connectivity index is 1.34.